The molecule has 9 heteroatoms. The van der Waals surface area contributed by atoms with Gasteiger partial charge in [0.1, 0.15) is 11.6 Å². The number of halogens is 2. The molecule has 1 saturated heterocycles. The van der Waals surface area contributed by atoms with Gasteiger partial charge in [-0.3, -0.25) is 4.99 Å². The monoisotopic (exact) mass is 440 g/mol. The molecular formula is C19H18ClFN2O3S2. The van der Waals surface area contributed by atoms with Gasteiger partial charge in [0.15, 0.2) is 15.0 Å². The molecule has 0 spiro atoms. The molecule has 0 aromatic heterocycles. The predicted octanol–water partition coefficient (Wildman–Crippen LogP) is 3.76. The number of hydrogen-bond donors (Lipinski definition) is 0. The Balaban J connectivity index is 1.67. The van der Waals surface area contributed by atoms with Crippen LogP contribution in [0.4, 0.5) is 10.1 Å². The van der Waals surface area contributed by atoms with E-state index in [1.807, 2.05) is 29.2 Å². The van der Waals surface area contributed by atoms with Gasteiger partial charge in [-0.05, 0) is 42.0 Å². The molecule has 2 aromatic rings. The van der Waals surface area contributed by atoms with Crippen LogP contribution in [0.5, 0.6) is 5.75 Å². The molecule has 0 unspecified atom stereocenters. The molecule has 4 rings (SSSR count). The lowest BCUT2D eigenvalue weighted by Crippen LogP contribution is -2.28. The second kappa shape index (κ2) is 7.57. The molecule has 2 heterocycles. The number of benzene rings is 2. The van der Waals surface area contributed by atoms with Crippen molar-refractivity contribution in [2.24, 2.45) is 4.99 Å². The van der Waals surface area contributed by atoms with Gasteiger partial charge < -0.3 is 9.64 Å². The van der Waals surface area contributed by atoms with Crippen LogP contribution in [-0.4, -0.2) is 43.5 Å². The number of thioether (sulfide) groups is 1. The van der Waals surface area contributed by atoms with Gasteiger partial charge in [0.05, 0.1) is 31.2 Å². The van der Waals surface area contributed by atoms with Gasteiger partial charge in [-0.15, -0.1) is 0 Å². The van der Waals surface area contributed by atoms with E-state index in [0.29, 0.717) is 11.6 Å². The Morgan fingerprint density at radius 2 is 2.00 bits per heavy atom. The zero-order chi connectivity index (χ0) is 19.9. The fraction of sp³-hybridized carbons (Fsp3) is 0.316. The highest BCUT2D eigenvalue weighted by molar-refractivity contribution is 8.15. The number of fused-ring (bicyclic) bond motifs is 1. The van der Waals surface area contributed by atoms with Crippen molar-refractivity contribution in [3.63, 3.8) is 0 Å². The zero-order valence-electron chi connectivity index (χ0n) is 15.0. The normalized spacial score (nSPS) is 22.6. The Labute approximate surface area is 172 Å². The molecule has 2 aromatic carbocycles. The highest BCUT2D eigenvalue weighted by Gasteiger charge is 2.44. The van der Waals surface area contributed by atoms with E-state index in [-0.39, 0.29) is 22.8 Å². The molecule has 2 atom stereocenters. The zero-order valence-corrected chi connectivity index (χ0v) is 17.4. The van der Waals surface area contributed by atoms with Crippen LogP contribution in [0, 0.1) is 5.82 Å². The van der Waals surface area contributed by atoms with Crippen molar-refractivity contribution in [1.29, 1.82) is 0 Å². The summed E-state index contributed by atoms with van der Waals surface area (Å²) in [6.45, 7) is 0.392. The van der Waals surface area contributed by atoms with Gasteiger partial charge in [-0.1, -0.05) is 29.4 Å². The van der Waals surface area contributed by atoms with Crippen LogP contribution in [0.15, 0.2) is 47.5 Å². The largest absolute Gasteiger partial charge is 0.497 e. The Bertz CT molecular complexity index is 1030. The molecule has 28 heavy (non-hydrogen) atoms. The molecule has 0 bridgehead atoms. The molecule has 0 amide bonds. The summed E-state index contributed by atoms with van der Waals surface area (Å²) in [5.41, 5.74) is 1.63. The lowest BCUT2D eigenvalue weighted by Gasteiger charge is -2.25. The highest BCUT2D eigenvalue weighted by atomic mass is 35.5. The minimum atomic E-state index is -3.02. The summed E-state index contributed by atoms with van der Waals surface area (Å²) in [6, 6.07) is 11.6. The van der Waals surface area contributed by atoms with Crippen molar-refractivity contribution in [3.05, 3.63) is 58.9 Å². The van der Waals surface area contributed by atoms with Crippen molar-refractivity contribution < 1.29 is 17.5 Å². The van der Waals surface area contributed by atoms with Gasteiger partial charge in [0.2, 0.25) is 0 Å². The first-order valence-corrected chi connectivity index (χ1v) is 11.7. The van der Waals surface area contributed by atoms with Gasteiger partial charge in [-0.2, -0.15) is 0 Å². The van der Waals surface area contributed by atoms with Crippen molar-refractivity contribution in [1.82, 2.24) is 0 Å². The van der Waals surface area contributed by atoms with E-state index < -0.39 is 15.7 Å². The van der Waals surface area contributed by atoms with E-state index in [9.17, 15) is 12.8 Å². The first-order chi connectivity index (χ1) is 13.3. The van der Waals surface area contributed by atoms with Crippen LogP contribution in [0.2, 0.25) is 5.02 Å². The molecule has 0 aliphatic carbocycles. The van der Waals surface area contributed by atoms with Crippen molar-refractivity contribution in [2.45, 2.75) is 17.8 Å². The summed E-state index contributed by atoms with van der Waals surface area (Å²) in [7, 11) is -1.42. The summed E-state index contributed by atoms with van der Waals surface area (Å²) in [4.78, 5) is 6.67. The number of rotatable bonds is 4. The smallest absolute Gasteiger partial charge is 0.164 e. The summed E-state index contributed by atoms with van der Waals surface area (Å²) < 4.78 is 42.4. The molecule has 148 valence electrons. The minimum Gasteiger partial charge on any atom is -0.497 e. The molecule has 0 radical (unpaired) electrons. The van der Waals surface area contributed by atoms with Crippen molar-refractivity contribution in [2.75, 3.05) is 23.5 Å². The fourth-order valence-electron chi connectivity index (χ4n) is 3.32. The van der Waals surface area contributed by atoms with E-state index in [4.69, 9.17) is 16.3 Å². The fourth-order valence-corrected chi connectivity index (χ4v) is 7.33. The standard InChI is InChI=1S/C19H18ClFN2O3S2/c1-26-15-6-4-14(5-7-15)23(9-12-2-3-13(21)8-16(12)20)19-22-17-10-28(24,25)11-18(17)27-19/h2-8,17-18H,9-11H2,1H3/t17-,18-/m0/s1. The van der Waals surface area contributed by atoms with Gasteiger partial charge in [0.25, 0.3) is 0 Å². The first kappa shape index (κ1) is 19.5. The number of aliphatic imine (C=N–C) groups is 1. The van der Waals surface area contributed by atoms with Crippen LogP contribution >= 0.6 is 23.4 Å². The number of methoxy groups -OCH3 is 1. The molecular weight excluding hydrogens is 423 g/mol. The molecule has 0 N–H and O–H groups in total. The summed E-state index contributed by atoms with van der Waals surface area (Å²) in [5.74, 6) is 0.565. The Kier molecular flexibility index (Phi) is 5.28. The third-order valence-electron chi connectivity index (χ3n) is 4.76. The average Bonchev–Trinajstić information content (AvgIpc) is 3.14. The number of hydrogen-bond acceptors (Lipinski definition) is 6. The third-order valence-corrected chi connectivity index (χ3v) is 8.36. The lowest BCUT2D eigenvalue weighted by atomic mass is 10.2. The molecule has 0 saturated carbocycles. The molecule has 2 aliphatic heterocycles. The van der Waals surface area contributed by atoms with Crippen LogP contribution in [0.25, 0.3) is 0 Å². The molecule has 1 fully saturated rings. The SMILES string of the molecule is COc1ccc(N(Cc2ccc(F)cc2Cl)C2=N[C@H]3CS(=O)(=O)C[C@@H]3S2)cc1. The minimum absolute atomic E-state index is 0.0653. The van der Waals surface area contributed by atoms with E-state index in [0.717, 1.165) is 22.2 Å². The van der Waals surface area contributed by atoms with E-state index in [1.165, 1.54) is 23.9 Å². The number of nitrogens with zero attached hydrogens (tertiary/aromatic N) is 2. The quantitative estimate of drug-likeness (QED) is 0.724. The maximum atomic E-state index is 13.4. The van der Waals surface area contributed by atoms with E-state index >= 15 is 0 Å². The van der Waals surface area contributed by atoms with Gasteiger partial charge in [0, 0.05) is 16.0 Å². The van der Waals surface area contributed by atoms with Crippen molar-refractivity contribution >= 4 is 44.1 Å². The third kappa shape index (κ3) is 3.99. The van der Waals surface area contributed by atoms with Crippen LogP contribution in [0.3, 0.4) is 0 Å². The number of sulfone groups is 1. The summed E-state index contributed by atoms with van der Waals surface area (Å²) >= 11 is 7.71. The van der Waals surface area contributed by atoms with Crippen molar-refractivity contribution in [3.8, 4) is 5.75 Å². The van der Waals surface area contributed by atoms with Crippen LogP contribution in [0.1, 0.15) is 5.56 Å². The Morgan fingerprint density at radius 1 is 1.25 bits per heavy atom. The van der Waals surface area contributed by atoms with Crippen LogP contribution < -0.4 is 9.64 Å². The van der Waals surface area contributed by atoms with E-state index in [2.05, 4.69) is 4.99 Å². The number of anilines is 1. The Morgan fingerprint density at radius 3 is 2.64 bits per heavy atom. The van der Waals surface area contributed by atoms with Gasteiger partial charge in [-0.25, -0.2) is 12.8 Å². The first-order valence-electron chi connectivity index (χ1n) is 8.65. The second-order valence-electron chi connectivity index (χ2n) is 6.73. The number of ether oxygens (including phenoxy) is 1. The lowest BCUT2D eigenvalue weighted by molar-refractivity contribution is 0.415. The van der Waals surface area contributed by atoms with Gasteiger partial charge >= 0.3 is 0 Å². The maximum absolute atomic E-state index is 13.4. The topological polar surface area (TPSA) is 59.0 Å². The number of amidine groups is 1. The molecule has 2 aliphatic rings. The van der Waals surface area contributed by atoms with E-state index in [1.54, 1.807) is 13.2 Å². The molecule has 5 nitrogen and oxygen atoms in total. The average molecular weight is 441 g/mol. The predicted molar refractivity (Wildman–Crippen MR) is 112 cm³/mol. The highest BCUT2D eigenvalue weighted by Crippen LogP contribution is 2.38. The summed E-state index contributed by atoms with van der Waals surface area (Å²) in [5, 5.41) is 1.02. The Hall–Kier alpha value is -1.77. The second-order valence-corrected chi connectivity index (χ2v) is 10.5. The maximum Gasteiger partial charge on any atom is 0.164 e. The van der Waals surface area contributed by atoms with Crippen LogP contribution in [-0.2, 0) is 16.4 Å². The summed E-state index contributed by atoms with van der Waals surface area (Å²) in [6.07, 6.45) is 0.